The van der Waals surface area contributed by atoms with E-state index in [4.69, 9.17) is 30.2 Å². The summed E-state index contributed by atoms with van der Waals surface area (Å²) in [6, 6.07) is 8.78. The summed E-state index contributed by atoms with van der Waals surface area (Å²) >= 11 is 6.48. The standard InChI is InChI=1S/C40H46ClN5O8/c1-21(2)31(47)13-22(3)36(48)44-38-42-19-23(20-43-38)14-24-15-32(51-9)35(52-10)34-27(24)17-26(53-34)18-29-28-16-25(41)11-12-30(28)46(33(29)37(49)45(7)8)39(50)54-40(4,5)6/h11-12,15-17,19-22H,13-14,18H2,1-10H3,(H,42,43,44,48). The number of methoxy groups -OCH3 is 2. The maximum atomic E-state index is 13.8. The second kappa shape index (κ2) is 15.9. The number of rotatable bonds is 12. The number of halogens is 1. The van der Waals surface area contributed by atoms with Gasteiger partial charge in [0.25, 0.3) is 5.91 Å². The van der Waals surface area contributed by atoms with Crippen molar-refractivity contribution in [2.75, 3.05) is 33.6 Å². The van der Waals surface area contributed by atoms with Crippen molar-refractivity contribution in [3.05, 3.63) is 75.9 Å². The average Bonchev–Trinajstić information content (AvgIpc) is 3.66. The number of fused-ring (bicyclic) bond motifs is 2. The summed E-state index contributed by atoms with van der Waals surface area (Å²) in [5.74, 6) is 0.0164. The molecule has 0 spiro atoms. The van der Waals surface area contributed by atoms with Gasteiger partial charge in [0.05, 0.1) is 19.7 Å². The van der Waals surface area contributed by atoms with Gasteiger partial charge >= 0.3 is 6.09 Å². The van der Waals surface area contributed by atoms with Crippen molar-refractivity contribution in [3.8, 4) is 11.5 Å². The molecule has 0 aliphatic rings. The molecule has 3 heterocycles. The highest BCUT2D eigenvalue weighted by molar-refractivity contribution is 6.31. The van der Waals surface area contributed by atoms with Crippen molar-refractivity contribution in [1.82, 2.24) is 19.4 Å². The minimum Gasteiger partial charge on any atom is -0.493 e. The lowest BCUT2D eigenvalue weighted by atomic mass is 9.97. The van der Waals surface area contributed by atoms with Crippen LogP contribution in [0.2, 0.25) is 5.02 Å². The first-order valence-electron chi connectivity index (χ1n) is 17.5. The third-order valence-corrected chi connectivity index (χ3v) is 9.03. The van der Waals surface area contributed by atoms with Crippen LogP contribution in [-0.2, 0) is 27.2 Å². The van der Waals surface area contributed by atoms with Gasteiger partial charge in [0, 0.05) is 73.4 Å². The van der Waals surface area contributed by atoms with Crippen molar-refractivity contribution in [2.24, 2.45) is 11.8 Å². The van der Waals surface area contributed by atoms with Gasteiger partial charge in [-0.15, -0.1) is 0 Å². The molecule has 1 unspecified atom stereocenters. The molecule has 3 aromatic heterocycles. The third kappa shape index (κ3) is 8.52. The van der Waals surface area contributed by atoms with E-state index in [1.165, 1.54) is 23.7 Å². The number of carbonyl (C=O) groups excluding carboxylic acids is 4. The van der Waals surface area contributed by atoms with Gasteiger partial charge < -0.3 is 23.5 Å². The van der Waals surface area contributed by atoms with Crippen LogP contribution in [0.25, 0.3) is 21.9 Å². The van der Waals surface area contributed by atoms with E-state index < -0.39 is 23.5 Å². The topological polar surface area (TPSA) is 155 Å². The van der Waals surface area contributed by atoms with Crippen LogP contribution in [0.1, 0.15) is 80.9 Å². The SMILES string of the molecule is COc1cc(Cc2cnc(NC(=O)C(C)CC(=O)C(C)C)nc2)c2cc(Cc3c(C(=O)N(C)C)n(C(=O)OC(C)(C)C)c4ccc(Cl)cc34)oc2c1OC. The Morgan fingerprint density at radius 3 is 2.24 bits per heavy atom. The maximum Gasteiger partial charge on any atom is 0.419 e. The van der Waals surface area contributed by atoms with E-state index in [-0.39, 0.29) is 42.1 Å². The first-order valence-corrected chi connectivity index (χ1v) is 17.9. The van der Waals surface area contributed by atoms with Crippen molar-refractivity contribution in [1.29, 1.82) is 0 Å². The number of hydrogen-bond donors (Lipinski definition) is 1. The van der Waals surface area contributed by atoms with E-state index in [1.807, 2.05) is 12.1 Å². The number of benzene rings is 2. The average molecular weight is 760 g/mol. The number of Topliss-reactive ketones (excluding diaryl/α,β-unsaturated/α-hetero) is 1. The smallest absolute Gasteiger partial charge is 0.419 e. The zero-order valence-corrected chi connectivity index (χ0v) is 33.0. The first kappa shape index (κ1) is 39.8. The highest BCUT2D eigenvalue weighted by Crippen LogP contribution is 2.42. The number of anilines is 1. The van der Waals surface area contributed by atoms with E-state index in [2.05, 4.69) is 15.3 Å². The van der Waals surface area contributed by atoms with Crippen molar-refractivity contribution < 1.29 is 37.8 Å². The molecule has 14 heteroatoms. The van der Waals surface area contributed by atoms with Crippen LogP contribution in [0.5, 0.6) is 11.5 Å². The van der Waals surface area contributed by atoms with Crippen LogP contribution < -0.4 is 14.8 Å². The normalized spacial score (nSPS) is 12.2. The molecule has 0 saturated carbocycles. The second-order valence-corrected chi connectivity index (χ2v) is 15.2. The number of ether oxygens (including phenoxy) is 3. The predicted molar refractivity (Wildman–Crippen MR) is 206 cm³/mol. The zero-order chi connectivity index (χ0) is 39.6. The van der Waals surface area contributed by atoms with Crippen LogP contribution >= 0.6 is 11.6 Å². The molecule has 0 fully saturated rings. The lowest BCUT2D eigenvalue weighted by Gasteiger charge is -2.21. The molecule has 13 nitrogen and oxygen atoms in total. The number of carbonyl (C=O) groups is 4. The van der Waals surface area contributed by atoms with Crippen LogP contribution in [0.3, 0.4) is 0 Å². The summed E-state index contributed by atoms with van der Waals surface area (Å²) < 4.78 is 25.0. The van der Waals surface area contributed by atoms with Crippen molar-refractivity contribution in [3.63, 3.8) is 0 Å². The van der Waals surface area contributed by atoms with Crippen molar-refractivity contribution in [2.45, 2.75) is 66.4 Å². The molecular weight excluding hydrogens is 714 g/mol. The monoisotopic (exact) mass is 759 g/mol. The Hall–Kier alpha value is -5.43. The summed E-state index contributed by atoms with van der Waals surface area (Å²) in [7, 11) is 6.27. The van der Waals surface area contributed by atoms with Gasteiger partial charge in [0.15, 0.2) is 11.3 Å². The number of nitrogens with zero attached hydrogens (tertiary/aromatic N) is 4. The zero-order valence-electron chi connectivity index (χ0n) is 32.3. The lowest BCUT2D eigenvalue weighted by Crippen LogP contribution is -2.32. The molecule has 5 rings (SSSR count). The Bertz CT molecular complexity index is 2230. The summed E-state index contributed by atoms with van der Waals surface area (Å²) in [5.41, 5.74) is 2.26. The Balaban J connectivity index is 1.55. The number of hydrogen-bond acceptors (Lipinski definition) is 10. The number of nitrogens with one attached hydrogen (secondary N) is 1. The van der Waals surface area contributed by atoms with Crippen LogP contribution in [-0.4, -0.2) is 77.0 Å². The number of amides is 2. The lowest BCUT2D eigenvalue weighted by molar-refractivity contribution is -0.127. The number of furan rings is 1. The third-order valence-electron chi connectivity index (χ3n) is 8.79. The summed E-state index contributed by atoms with van der Waals surface area (Å²) in [6.45, 7) is 10.6. The first-order chi connectivity index (χ1) is 25.4. The van der Waals surface area contributed by atoms with E-state index in [0.29, 0.717) is 50.8 Å². The Kier molecular flexibility index (Phi) is 11.7. The molecule has 0 radical (unpaired) electrons. The maximum absolute atomic E-state index is 13.8. The van der Waals surface area contributed by atoms with Crippen LogP contribution in [0, 0.1) is 11.8 Å². The van der Waals surface area contributed by atoms with Gasteiger partial charge in [0.1, 0.15) is 22.8 Å². The molecule has 54 heavy (non-hydrogen) atoms. The highest BCUT2D eigenvalue weighted by Gasteiger charge is 2.31. The van der Waals surface area contributed by atoms with Gasteiger partial charge in [-0.2, -0.15) is 0 Å². The van der Waals surface area contributed by atoms with Gasteiger partial charge in [0.2, 0.25) is 17.6 Å². The van der Waals surface area contributed by atoms with E-state index in [1.54, 1.807) is 86.2 Å². The van der Waals surface area contributed by atoms with E-state index in [9.17, 15) is 19.2 Å². The minimum atomic E-state index is -0.823. The van der Waals surface area contributed by atoms with E-state index >= 15 is 0 Å². The fourth-order valence-electron chi connectivity index (χ4n) is 6.05. The molecule has 5 aromatic rings. The molecule has 1 N–H and O–H groups in total. The molecule has 286 valence electrons. The predicted octanol–water partition coefficient (Wildman–Crippen LogP) is 7.70. The summed E-state index contributed by atoms with van der Waals surface area (Å²) in [6.07, 6.45) is 3.14. The quantitative estimate of drug-likeness (QED) is 0.134. The number of aromatic nitrogens is 3. The fraction of sp³-hybridized carbons (Fsp3) is 0.400. The van der Waals surface area contributed by atoms with Crippen LogP contribution in [0.4, 0.5) is 10.7 Å². The molecule has 0 aliphatic heterocycles. The van der Waals surface area contributed by atoms with Gasteiger partial charge in [-0.25, -0.2) is 19.3 Å². The molecule has 2 aromatic carbocycles. The molecular formula is C40H46ClN5O8. The largest absolute Gasteiger partial charge is 0.493 e. The van der Waals surface area contributed by atoms with Crippen molar-refractivity contribution >= 4 is 63.1 Å². The molecule has 0 bridgehead atoms. The molecule has 1 atom stereocenters. The summed E-state index contributed by atoms with van der Waals surface area (Å²) in [5, 5.41) is 4.43. The highest BCUT2D eigenvalue weighted by atomic mass is 35.5. The van der Waals surface area contributed by atoms with Crippen LogP contribution in [0.15, 0.2) is 47.1 Å². The van der Waals surface area contributed by atoms with Gasteiger partial charge in [-0.05, 0) is 67.8 Å². The Morgan fingerprint density at radius 2 is 1.65 bits per heavy atom. The number of ketones is 1. The molecule has 0 saturated heterocycles. The molecule has 0 aliphatic carbocycles. The Labute approximate surface area is 318 Å². The molecule has 2 amide bonds. The summed E-state index contributed by atoms with van der Waals surface area (Å²) in [4.78, 5) is 62.5. The fourth-order valence-corrected chi connectivity index (χ4v) is 6.22. The van der Waals surface area contributed by atoms with Gasteiger partial charge in [-0.1, -0.05) is 32.4 Å². The van der Waals surface area contributed by atoms with E-state index in [0.717, 1.165) is 16.5 Å². The second-order valence-electron chi connectivity index (χ2n) is 14.7. The minimum absolute atomic E-state index is 0.0111. The Morgan fingerprint density at radius 1 is 0.963 bits per heavy atom. The van der Waals surface area contributed by atoms with Gasteiger partial charge in [-0.3, -0.25) is 19.7 Å².